The van der Waals surface area contributed by atoms with Gasteiger partial charge in [0.1, 0.15) is 10.9 Å². The van der Waals surface area contributed by atoms with E-state index in [1.807, 2.05) is 26.0 Å². The van der Waals surface area contributed by atoms with Gasteiger partial charge in [-0.05, 0) is 45.7 Å². The van der Waals surface area contributed by atoms with Gasteiger partial charge in [-0.1, -0.05) is 0 Å². The summed E-state index contributed by atoms with van der Waals surface area (Å²) in [5.74, 6) is 0.778. The normalized spacial score (nSPS) is 18.4. The topological polar surface area (TPSA) is 94.1 Å². The molecule has 0 saturated carbocycles. The van der Waals surface area contributed by atoms with Gasteiger partial charge in [-0.15, -0.1) is 21.5 Å². The molecule has 0 aromatic carbocycles. The monoisotopic (exact) mass is 407 g/mol. The Morgan fingerprint density at radius 2 is 2.11 bits per heavy atom. The zero-order valence-electron chi connectivity index (χ0n) is 15.4. The lowest BCUT2D eigenvalue weighted by molar-refractivity contribution is 0.332. The third-order valence-electron chi connectivity index (χ3n) is 4.69. The molecule has 10 heteroatoms. The molecular formula is C17H21N5O3S2. The molecular weight excluding hydrogens is 386 g/mol. The van der Waals surface area contributed by atoms with E-state index < -0.39 is 16.1 Å². The van der Waals surface area contributed by atoms with E-state index in [2.05, 4.69) is 15.3 Å². The van der Waals surface area contributed by atoms with Crippen molar-refractivity contribution in [3.63, 3.8) is 0 Å². The van der Waals surface area contributed by atoms with E-state index in [9.17, 15) is 8.42 Å². The van der Waals surface area contributed by atoms with Gasteiger partial charge in [0.05, 0.1) is 10.6 Å². The van der Waals surface area contributed by atoms with Crippen LogP contribution in [0.3, 0.4) is 0 Å². The maximum absolute atomic E-state index is 13.2. The number of aryl methyl sites for hydroxylation is 3. The third kappa shape index (κ3) is 3.21. The Labute approximate surface area is 161 Å². The standard InChI is InChI=1S/C17H21N5O3S2/c1-4-21-10-15(12(3)20-21)27(23,24)22-9-5-6-13(22)16-18-19-17(25-16)14-8-7-11(2)26-14/h7-8,10,13H,4-6,9H2,1-3H3/t13-/m0/s1. The SMILES string of the molecule is CCn1cc(S(=O)(=O)N2CCC[C@H]2c2nnc(-c3ccc(C)s3)o2)c(C)n1. The van der Waals surface area contributed by atoms with Gasteiger partial charge in [-0.3, -0.25) is 4.68 Å². The summed E-state index contributed by atoms with van der Waals surface area (Å²) in [7, 11) is -3.68. The molecule has 0 radical (unpaired) electrons. The zero-order chi connectivity index (χ0) is 19.2. The molecule has 27 heavy (non-hydrogen) atoms. The smallest absolute Gasteiger partial charge is 0.257 e. The fraction of sp³-hybridized carbons (Fsp3) is 0.471. The molecule has 1 aliphatic heterocycles. The maximum Gasteiger partial charge on any atom is 0.257 e. The molecule has 0 aliphatic carbocycles. The Kier molecular flexibility index (Phi) is 4.65. The Balaban J connectivity index is 1.66. The van der Waals surface area contributed by atoms with E-state index >= 15 is 0 Å². The maximum atomic E-state index is 13.2. The Morgan fingerprint density at radius 3 is 2.78 bits per heavy atom. The first-order valence-electron chi connectivity index (χ1n) is 8.86. The van der Waals surface area contributed by atoms with E-state index in [-0.39, 0.29) is 4.90 Å². The second-order valence-corrected chi connectivity index (χ2v) is 9.71. The lowest BCUT2D eigenvalue weighted by atomic mass is 10.2. The molecule has 1 atom stereocenters. The molecule has 0 unspecified atom stereocenters. The van der Waals surface area contributed by atoms with Gasteiger partial charge >= 0.3 is 0 Å². The first kappa shape index (κ1) is 18.3. The van der Waals surface area contributed by atoms with Gasteiger partial charge in [0.25, 0.3) is 5.89 Å². The van der Waals surface area contributed by atoms with Crippen LogP contribution in [-0.4, -0.2) is 39.2 Å². The second-order valence-electron chi connectivity index (χ2n) is 6.56. The average molecular weight is 408 g/mol. The van der Waals surface area contributed by atoms with Gasteiger partial charge in [0.15, 0.2) is 0 Å². The summed E-state index contributed by atoms with van der Waals surface area (Å²) >= 11 is 1.57. The fourth-order valence-electron chi connectivity index (χ4n) is 3.33. The molecule has 3 aromatic rings. The summed E-state index contributed by atoms with van der Waals surface area (Å²) in [6, 6.07) is 3.48. The molecule has 0 amide bonds. The number of thiophene rings is 1. The lowest BCUT2D eigenvalue weighted by Gasteiger charge is -2.20. The molecule has 144 valence electrons. The highest BCUT2D eigenvalue weighted by atomic mass is 32.2. The number of hydrogen-bond acceptors (Lipinski definition) is 7. The molecule has 1 aliphatic rings. The van der Waals surface area contributed by atoms with Gasteiger partial charge in [0, 0.05) is 24.2 Å². The summed E-state index contributed by atoms with van der Waals surface area (Å²) in [6.07, 6.45) is 3.00. The van der Waals surface area contributed by atoms with Gasteiger partial charge in [-0.2, -0.15) is 9.40 Å². The van der Waals surface area contributed by atoms with Crippen molar-refractivity contribution < 1.29 is 12.8 Å². The van der Waals surface area contributed by atoms with Crippen LogP contribution in [0.15, 0.2) is 27.6 Å². The van der Waals surface area contributed by atoms with Gasteiger partial charge in [0.2, 0.25) is 15.9 Å². The number of aromatic nitrogens is 4. The lowest BCUT2D eigenvalue weighted by Crippen LogP contribution is -2.31. The van der Waals surface area contributed by atoms with Crippen molar-refractivity contribution in [2.45, 2.75) is 51.1 Å². The van der Waals surface area contributed by atoms with Crippen molar-refractivity contribution in [2.75, 3.05) is 6.54 Å². The fourth-order valence-corrected chi connectivity index (χ4v) is 5.94. The Hall–Kier alpha value is -2.04. The van der Waals surface area contributed by atoms with E-state index in [1.54, 1.807) is 29.1 Å². The predicted molar refractivity (Wildman–Crippen MR) is 101 cm³/mol. The van der Waals surface area contributed by atoms with E-state index in [4.69, 9.17) is 4.42 Å². The van der Waals surface area contributed by atoms with E-state index in [1.165, 1.54) is 4.31 Å². The van der Waals surface area contributed by atoms with Crippen LogP contribution < -0.4 is 0 Å². The minimum atomic E-state index is -3.68. The van der Waals surface area contributed by atoms with Crippen molar-refractivity contribution in [3.8, 4) is 10.8 Å². The van der Waals surface area contributed by atoms with Crippen LogP contribution in [0.1, 0.15) is 42.3 Å². The highest BCUT2D eigenvalue weighted by Crippen LogP contribution is 2.38. The van der Waals surface area contributed by atoms with Crippen molar-refractivity contribution in [2.24, 2.45) is 0 Å². The van der Waals surface area contributed by atoms with Crippen LogP contribution >= 0.6 is 11.3 Å². The molecule has 0 bridgehead atoms. The van der Waals surface area contributed by atoms with Gasteiger partial charge in [-0.25, -0.2) is 8.42 Å². The van der Waals surface area contributed by atoms with E-state index in [0.717, 1.165) is 16.2 Å². The van der Waals surface area contributed by atoms with E-state index in [0.29, 0.717) is 37.0 Å². The van der Waals surface area contributed by atoms with Crippen LogP contribution in [0.5, 0.6) is 0 Å². The van der Waals surface area contributed by atoms with Crippen LogP contribution in [0.4, 0.5) is 0 Å². The van der Waals surface area contributed by atoms with Crippen molar-refractivity contribution in [3.05, 3.63) is 34.8 Å². The molecule has 0 spiro atoms. The third-order valence-corrected chi connectivity index (χ3v) is 7.69. The van der Waals surface area contributed by atoms with Crippen molar-refractivity contribution in [1.29, 1.82) is 0 Å². The average Bonchev–Trinajstić information content (AvgIpc) is 3.40. The van der Waals surface area contributed by atoms with Gasteiger partial charge < -0.3 is 4.42 Å². The zero-order valence-corrected chi connectivity index (χ0v) is 17.0. The van der Waals surface area contributed by atoms with Crippen LogP contribution in [-0.2, 0) is 16.6 Å². The first-order chi connectivity index (χ1) is 12.9. The number of nitrogens with zero attached hydrogens (tertiary/aromatic N) is 5. The molecule has 4 heterocycles. The van der Waals surface area contributed by atoms with Crippen LogP contribution in [0, 0.1) is 13.8 Å². The second kappa shape index (κ2) is 6.84. The largest absolute Gasteiger partial charge is 0.418 e. The van der Waals surface area contributed by atoms with Crippen LogP contribution in [0.25, 0.3) is 10.8 Å². The predicted octanol–water partition coefficient (Wildman–Crippen LogP) is 3.16. The minimum absolute atomic E-state index is 0.241. The minimum Gasteiger partial charge on any atom is -0.418 e. The molecule has 4 rings (SSSR count). The van der Waals surface area contributed by atoms with Crippen molar-refractivity contribution in [1.82, 2.24) is 24.3 Å². The molecule has 1 saturated heterocycles. The highest BCUT2D eigenvalue weighted by Gasteiger charge is 2.40. The summed E-state index contributed by atoms with van der Waals surface area (Å²) in [4.78, 5) is 2.28. The summed E-state index contributed by atoms with van der Waals surface area (Å²) in [5, 5.41) is 12.5. The highest BCUT2D eigenvalue weighted by molar-refractivity contribution is 7.89. The molecule has 0 N–H and O–H groups in total. The molecule has 1 fully saturated rings. The summed E-state index contributed by atoms with van der Waals surface area (Å²) in [5.41, 5.74) is 0.503. The first-order valence-corrected chi connectivity index (χ1v) is 11.1. The number of hydrogen-bond donors (Lipinski definition) is 0. The molecule has 8 nitrogen and oxygen atoms in total. The quantitative estimate of drug-likeness (QED) is 0.645. The van der Waals surface area contributed by atoms with Crippen LogP contribution in [0.2, 0.25) is 0 Å². The van der Waals surface area contributed by atoms with Crippen molar-refractivity contribution >= 4 is 21.4 Å². The Bertz CT molecular complexity index is 1070. The number of sulfonamides is 1. The summed E-state index contributed by atoms with van der Waals surface area (Å²) < 4.78 is 35.4. The summed E-state index contributed by atoms with van der Waals surface area (Å²) in [6.45, 7) is 6.70. The molecule has 3 aromatic heterocycles. The number of rotatable bonds is 5. The Morgan fingerprint density at radius 1 is 1.30 bits per heavy atom.